The van der Waals surface area contributed by atoms with Gasteiger partial charge in [0.25, 0.3) is 0 Å². The summed E-state index contributed by atoms with van der Waals surface area (Å²) in [5.74, 6) is 1.27. The molecule has 0 amide bonds. The summed E-state index contributed by atoms with van der Waals surface area (Å²) in [6.07, 6.45) is 3.79. The van der Waals surface area contributed by atoms with Crippen LogP contribution in [0.4, 0.5) is 0 Å². The monoisotopic (exact) mass is 1340 g/mol. The van der Waals surface area contributed by atoms with Gasteiger partial charge in [-0.05, 0) is 147 Å². The highest BCUT2D eigenvalue weighted by Crippen LogP contribution is 2.65. The molecule has 0 radical (unpaired) electrons. The molecule has 0 fully saturated rings. The van der Waals surface area contributed by atoms with Gasteiger partial charge in [-0.25, -0.2) is 19.9 Å². The minimum absolute atomic E-state index is 0.504. The molecule has 0 atom stereocenters. The van der Waals surface area contributed by atoms with E-state index in [0.717, 1.165) is 111 Å². The van der Waals surface area contributed by atoms with E-state index in [4.69, 9.17) is 29.9 Å². The second kappa shape index (κ2) is 23.3. The number of hydrogen-bond acceptors (Lipinski definition) is 6. The zero-order chi connectivity index (χ0) is 69.6. The van der Waals surface area contributed by atoms with Gasteiger partial charge in [0.05, 0.1) is 45.0 Å². The molecular weight excluding hydrogens is 1290 g/mol. The van der Waals surface area contributed by atoms with E-state index < -0.39 is 10.8 Å². The smallest absolute Gasteiger partial charge is 0.160 e. The number of benzene rings is 14. The molecule has 0 aliphatic heterocycles. The Hall–Kier alpha value is -13.9. The molecule has 4 heterocycles. The molecule has 2 spiro atoms. The van der Waals surface area contributed by atoms with Gasteiger partial charge in [-0.3, -0.25) is 9.97 Å². The summed E-state index contributed by atoms with van der Waals surface area (Å²) < 4.78 is 0. The van der Waals surface area contributed by atoms with Crippen LogP contribution in [0.15, 0.2) is 364 Å². The molecule has 22 rings (SSSR count). The summed E-state index contributed by atoms with van der Waals surface area (Å²) in [5, 5.41) is 4.54. The number of aromatic nitrogens is 6. The largest absolute Gasteiger partial charge is 0.256 e. The van der Waals surface area contributed by atoms with E-state index in [9.17, 15) is 0 Å². The summed E-state index contributed by atoms with van der Waals surface area (Å²) in [5.41, 5.74) is 34.7. The Bertz CT molecular complexity index is 6150. The quantitative estimate of drug-likeness (QED) is 0.143. The van der Waals surface area contributed by atoms with Gasteiger partial charge >= 0.3 is 0 Å². The van der Waals surface area contributed by atoms with E-state index in [1.54, 1.807) is 0 Å². The maximum Gasteiger partial charge on any atom is 0.160 e. The minimum atomic E-state index is -0.504. The molecule has 0 saturated heterocycles. The summed E-state index contributed by atoms with van der Waals surface area (Å²) >= 11 is 0. The first-order valence-corrected chi connectivity index (χ1v) is 36.3. The predicted molar refractivity (Wildman–Crippen MR) is 430 cm³/mol. The molecule has 0 N–H and O–H groups in total. The third kappa shape index (κ3) is 8.85. The normalized spacial score (nSPS) is 13.2. The van der Waals surface area contributed by atoms with Crippen LogP contribution in [0.1, 0.15) is 44.5 Å². The fourth-order valence-corrected chi connectivity index (χ4v) is 18.2. The van der Waals surface area contributed by atoms with Gasteiger partial charge in [0, 0.05) is 67.7 Å². The van der Waals surface area contributed by atoms with Gasteiger partial charge in [-0.1, -0.05) is 315 Å². The van der Waals surface area contributed by atoms with E-state index in [1.165, 1.54) is 89.0 Å². The van der Waals surface area contributed by atoms with Gasteiger partial charge < -0.3 is 0 Å². The van der Waals surface area contributed by atoms with E-state index >= 15 is 0 Å². The van der Waals surface area contributed by atoms with Gasteiger partial charge in [0.15, 0.2) is 11.6 Å². The molecule has 0 saturated carbocycles. The molecule has 4 aliphatic rings. The summed E-state index contributed by atoms with van der Waals surface area (Å²) in [6, 6.07) is 128. The van der Waals surface area contributed by atoms with Crippen LogP contribution in [0.25, 0.3) is 167 Å². The number of fused-ring (bicyclic) bond motifs is 22. The van der Waals surface area contributed by atoms with Crippen LogP contribution in [0.5, 0.6) is 0 Å². The van der Waals surface area contributed by atoms with Gasteiger partial charge in [0.2, 0.25) is 0 Å². The molecule has 6 heteroatoms. The molecule has 490 valence electrons. The Morgan fingerprint density at radius 2 is 0.434 bits per heavy atom. The molecule has 6 nitrogen and oxygen atoms in total. The Morgan fingerprint density at radius 1 is 0.179 bits per heavy atom. The number of nitrogens with zero attached hydrogens (tertiary/aromatic N) is 6. The Balaban J connectivity index is 0.642. The van der Waals surface area contributed by atoms with Crippen molar-refractivity contribution < 1.29 is 0 Å². The van der Waals surface area contributed by atoms with Crippen LogP contribution in [0, 0.1) is 0 Å². The average molecular weight is 1350 g/mol. The molecular formula is C100H60N6. The summed E-state index contributed by atoms with van der Waals surface area (Å²) in [7, 11) is 0. The van der Waals surface area contributed by atoms with Crippen LogP contribution < -0.4 is 0 Å². The van der Waals surface area contributed by atoms with Gasteiger partial charge in [-0.15, -0.1) is 0 Å². The lowest BCUT2D eigenvalue weighted by molar-refractivity contribution is 0.794. The molecule has 0 bridgehead atoms. The molecule has 0 unspecified atom stereocenters. The number of rotatable bonds is 9. The van der Waals surface area contributed by atoms with Crippen molar-refractivity contribution in [3.05, 3.63) is 409 Å². The van der Waals surface area contributed by atoms with Crippen LogP contribution in [-0.4, -0.2) is 29.9 Å². The number of hydrogen-bond donors (Lipinski definition) is 0. The molecule has 14 aromatic carbocycles. The van der Waals surface area contributed by atoms with Crippen molar-refractivity contribution in [1.82, 2.24) is 29.9 Å². The van der Waals surface area contributed by atoms with Gasteiger partial charge in [0.1, 0.15) is 0 Å². The standard InChI is InChI=1S/C100H60N6/c1-3-19-73-63(17-1)53-55-101-95(73)67-41-37-65(38-42-67)91-59-93(71-49-51-81-79-25-9-15-31-87(79)99(89(81)57-71)83-27-11-5-21-75(83)76-22-6-12-28-84(76)99)105-97(103-91)69-45-33-61(34-46-69)62-35-47-70(48-36-62)98-104-92(66-39-43-68(44-40-66)96-74-20-4-2-18-64(74)54-56-102-96)60-94(106-98)72-50-52-82-80-26-10-16-32-88(80)100(90(82)58-72)85-29-13-7-23-77(85)78-24-8-14-30-86(78)100/h1-60H. The highest BCUT2D eigenvalue weighted by molar-refractivity contribution is 6.00. The maximum atomic E-state index is 5.54. The second-order valence-electron chi connectivity index (χ2n) is 28.3. The Kier molecular flexibility index (Phi) is 13.1. The first-order chi connectivity index (χ1) is 52.5. The Labute approximate surface area is 613 Å². The fraction of sp³-hybridized carbons (Fsp3) is 0.0200. The highest BCUT2D eigenvalue weighted by atomic mass is 14.9. The van der Waals surface area contributed by atoms with Crippen molar-refractivity contribution in [2.75, 3.05) is 0 Å². The first kappa shape index (κ1) is 59.7. The molecule has 106 heavy (non-hydrogen) atoms. The van der Waals surface area contributed by atoms with E-state index in [0.29, 0.717) is 11.6 Å². The SMILES string of the molecule is c1ccc2c(c1)-c1ccccc1C21c2ccccc2-c2ccc(-c3cc(-c4ccc(-c5nccc6ccccc56)cc4)nc(-c4ccc(-c5ccc(-c6nc(-c7ccc(-c8nccc9ccccc89)cc7)cc(-c7ccc8c(c7)C7(c9ccccc9-c9ccccc97)c7ccccc7-8)n6)cc5)cc4)n3)cc21. The second-order valence-corrected chi connectivity index (χ2v) is 28.3. The fourth-order valence-electron chi connectivity index (χ4n) is 18.2. The third-order valence-corrected chi connectivity index (χ3v) is 22.9. The van der Waals surface area contributed by atoms with Crippen LogP contribution in [0.3, 0.4) is 0 Å². The van der Waals surface area contributed by atoms with Crippen LogP contribution in [0.2, 0.25) is 0 Å². The Morgan fingerprint density at radius 3 is 0.774 bits per heavy atom. The van der Waals surface area contributed by atoms with Crippen molar-refractivity contribution in [2.45, 2.75) is 10.8 Å². The van der Waals surface area contributed by atoms with E-state index in [-0.39, 0.29) is 0 Å². The molecule has 4 aliphatic carbocycles. The number of pyridine rings is 2. The predicted octanol–water partition coefficient (Wildman–Crippen LogP) is 24.1. The summed E-state index contributed by atoms with van der Waals surface area (Å²) in [4.78, 5) is 31.7. The lowest BCUT2D eigenvalue weighted by Crippen LogP contribution is -2.25. The third-order valence-electron chi connectivity index (χ3n) is 22.9. The topological polar surface area (TPSA) is 77.3 Å². The maximum absolute atomic E-state index is 5.54. The average Bonchev–Trinajstić information content (AvgIpc) is 1.52. The van der Waals surface area contributed by atoms with E-state index in [1.807, 2.05) is 12.4 Å². The zero-order valence-electron chi connectivity index (χ0n) is 57.3. The lowest BCUT2D eigenvalue weighted by Gasteiger charge is -2.30. The molecule has 4 aromatic heterocycles. The van der Waals surface area contributed by atoms with Gasteiger partial charge in [-0.2, -0.15) is 0 Å². The molecule has 18 aromatic rings. The zero-order valence-corrected chi connectivity index (χ0v) is 57.3. The summed E-state index contributed by atoms with van der Waals surface area (Å²) in [6.45, 7) is 0. The van der Waals surface area contributed by atoms with Crippen molar-refractivity contribution in [3.63, 3.8) is 0 Å². The van der Waals surface area contributed by atoms with Crippen molar-refractivity contribution in [2.24, 2.45) is 0 Å². The lowest BCUT2D eigenvalue weighted by atomic mass is 9.70. The van der Waals surface area contributed by atoms with Crippen LogP contribution >= 0.6 is 0 Å². The van der Waals surface area contributed by atoms with Crippen LogP contribution in [-0.2, 0) is 10.8 Å². The van der Waals surface area contributed by atoms with Crippen molar-refractivity contribution in [3.8, 4) is 146 Å². The minimum Gasteiger partial charge on any atom is -0.256 e. The van der Waals surface area contributed by atoms with E-state index in [2.05, 4.69) is 352 Å². The van der Waals surface area contributed by atoms with Crippen molar-refractivity contribution in [1.29, 1.82) is 0 Å². The first-order valence-electron chi connectivity index (χ1n) is 36.3. The van der Waals surface area contributed by atoms with Crippen molar-refractivity contribution >= 4 is 21.5 Å². The highest BCUT2D eigenvalue weighted by Gasteiger charge is 2.53.